The van der Waals surface area contributed by atoms with Gasteiger partial charge >= 0.3 is 5.97 Å². The van der Waals surface area contributed by atoms with Crippen molar-refractivity contribution in [1.29, 1.82) is 0 Å². The van der Waals surface area contributed by atoms with Crippen LogP contribution < -0.4 is 5.32 Å². The van der Waals surface area contributed by atoms with Gasteiger partial charge in [0.15, 0.2) is 0 Å². The molecule has 0 aliphatic heterocycles. The van der Waals surface area contributed by atoms with Gasteiger partial charge in [0.05, 0.1) is 6.61 Å². The molecule has 3 nitrogen and oxygen atoms in total. The van der Waals surface area contributed by atoms with E-state index in [1.54, 1.807) is 0 Å². The first kappa shape index (κ1) is 15.8. The summed E-state index contributed by atoms with van der Waals surface area (Å²) in [4.78, 5) is 12.5. The van der Waals surface area contributed by atoms with Gasteiger partial charge in [-0.25, -0.2) is 0 Å². The molecule has 2 aliphatic carbocycles. The molecule has 0 heterocycles. The highest BCUT2D eigenvalue weighted by Crippen LogP contribution is 2.38. The van der Waals surface area contributed by atoms with Gasteiger partial charge in [0.25, 0.3) is 0 Å². The van der Waals surface area contributed by atoms with Gasteiger partial charge in [-0.05, 0) is 57.3 Å². The fraction of sp³-hybridized carbons (Fsp3) is 0.941. The molecule has 0 amide bonds. The van der Waals surface area contributed by atoms with Crippen molar-refractivity contribution in [3.05, 3.63) is 0 Å². The Hall–Kier alpha value is -0.570. The van der Waals surface area contributed by atoms with E-state index >= 15 is 0 Å². The van der Waals surface area contributed by atoms with Crippen molar-refractivity contribution in [1.82, 2.24) is 5.32 Å². The van der Waals surface area contributed by atoms with Crippen LogP contribution in [0.3, 0.4) is 0 Å². The summed E-state index contributed by atoms with van der Waals surface area (Å²) in [6, 6.07) is 0.523. The molecule has 1 N–H and O–H groups in total. The second-order valence-corrected chi connectivity index (χ2v) is 7.01. The van der Waals surface area contributed by atoms with Crippen molar-refractivity contribution in [3.63, 3.8) is 0 Å². The number of carbonyl (C=O) groups is 1. The summed E-state index contributed by atoms with van der Waals surface area (Å²) >= 11 is 0. The van der Waals surface area contributed by atoms with Crippen LogP contribution in [0, 0.1) is 11.8 Å². The fourth-order valence-corrected chi connectivity index (χ4v) is 3.94. The lowest BCUT2D eigenvalue weighted by Gasteiger charge is -2.41. The molecule has 0 aromatic carbocycles. The van der Waals surface area contributed by atoms with Crippen molar-refractivity contribution < 1.29 is 9.53 Å². The molecule has 0 unspecified atom stereocenters. The van der Waals surface area contributed by atoms with Crippen LogP contribution in [0.25, 0.3) is 0 Å². The Morgan fingerprint density at radius 1 is 1.20 bits per heavy atom. The Bertz CT molecular complexity index is 313. The first-order valence-electron chi connectivity index (χ1n) is 8.52. The van der Waals surface area contributed by atoms with Gasteiger partial charge in [-0.2, -0.15) is 0 Å². The van der Waals surface area contributed by atoms with E-state index in [9.17, 15) is 4.79 Å². The van der Waals surface area contributed by atoms with Crippen LogP contribution in [-0.4, -0.2) is 24.2 Å². The standard InChI is InChI=1S/C17H31NO2/c1-4-20-16(19)17(18-15-7-5-6-8-15)11-9-14(10-12-17)13(2)3/h13-15,18H,4-12H2,1-3H3. The van der Waals surface area contributed by atoms with Crippen LogP contribution in [0.15, 0.2) is 0 Å². The second-order valence-electron chi connectivity index (χ2n) is 7.01. The zero-order chi connectivity index (χ0) is 14.6. The van der Waals surface area contributed by atoms with Gasteiger partial charge < -0.3 is 4.74 Å². The molecule has 2 rings (SSSR count). The summed E-state index contributed by atoms with van der Waals surface area (Å²) in [6.45, 7) is 6.99. The maximum atomic E-state index is 12.5. The summed E-state index contributed by atoms with van der Waals surface area (Å²) in [5.74, 6) is 1.48. The highest BCUT2D eigenvalue weighted by Gasteiger charge is 2.44. The molecule has 2 saturated carbocycles. The van der Waals surface area contributed by atoms with Crippen LogP contribution in [0.4, 0.5) is 0 Å². The molecule has 3 heteroatoms. The number of nitrogens with one attached hydrogen (secondary N) is 1. The van der Waals surface area contributed by atoms with Gasteiger partial charge in [0, 0.05) is 6.04 Å². The lowest BCUT2D eigenvalue weighted by molar-refractivity contribution is -0.154. The van der Waals surface area contributed by atoms with Crippen LogP contribution in [0.2, 0.25) is 0 Å². The third kappa shape index (κ3) is 3.55. The minimum atomic E-state index is -0.392. The summed E-state index contributed by atoms with van der Waals surface area (Å²) in [5, 5.41) is 3.70. The zero-order valence-corrected chi connectivity index (χ0v) is 13.4. The lowest BCUT2D eigenvalue weighted by atomic mass is 9.72. The molecule has 2 aliphatic rings. The van der Waals surface area contributed by atoms with E-state index in [0.29, 0.717) is 12.6 Å². The molecular weight excluding hydrogens is 250 g/mol. The van der Waals surface area contributed by atoms with Crippen LogP contribution in [-0.2, 0) is 9.53 Å². The minimum Gasteiger partial charge on any atom is -0.465 e. The number of esters is 1. The Kier molecular flexibility index (Phi) is 5.48. The summed E-state index contributed by atoms with van der Waals surface area (Å²) in [6.07, 6.45) is 9.22. The number of rotatable bonds is 5. The van der Waals surface area contributed by atoms with Gasteiger partial charge in [-0.15, -0.1) is 0 Å². The van der Waals surface area contributed by atoms with Gasteiger partial charge in [0.1, 0.15) is 5.54 Å². The molecule has 0 bridgehead atoms. The van der Waals surface area contributed by atoms with Crippen molar-refractivity contribution in [2.75, 3.05) is 6.61 Å². The summed E-state index contributed by atoms with van der Waals surface area (Å²) in [5.41, 5.74) is -0.392. The molecule has 0 radical (unpaired) electrons. The second kappa shape index (κ2) is 6.93. The predicted octanol–water partition coefficient (Wildman–Crippen LogP) is 3.67. The lowest BCUT2D eigenvalue weighted by Crippen LogP contribution is -2.58. The van der Waals surface area contributed by atoms with Gasteiger partial charge in [0.2, 0.25) is 0 Å². The highest BCUT2D eigenvalue weighted by molar-refractivity contribution is 5.81. The maximum absolute atomic E-state index is 12.5. The Labute approximate surface area is 123 Å². The molecule has 0 saturated heterocycles. The predicted molar refractivity (Wildman–Crippen MR) is 81.6 cm³/mol. The Balaban J connectivity index is 2.03. The largest absolute Gasteiger partial charge is 0.465 e. The normalized spacial score (nSPS) is 31.7. The molecular formula is C17H31NO2. The van der Waals surface area contributed by atoms with Crippen LogP contribution >= 0.6 is 0 Å². The van der Waals surface area contributed by atoms with E-state index in [1.807, 2.05) is 6.92 Å². The number of ether oxygens (including phenoxy) is 1. The highest BCUT2D eigenvalue weighted by atomic mass is 16.5. The summed E-state index contributed by atoms with van der Waals surface area (Å²) < 4.78 is 5.39. The van der Waals surface area contributed by atoms with E-state index in [4.69, 9.17) is 4.74 Å². The molecule has 0 atom stereocenters. The van der Waals surface area contributed by atoms with Gasteiger partial charge in [-0.3, -0.25) is 10.1 Å². The Morgan fingerprint density at radius 2 is 1.80 bits per heavy atom. The SMILES string of the molecule is CCOC(=O)C1(NC2CCCC2)CCC(C(C)C)CC1. The van der Waals surface area contributed by atoms with E-state index in [0.717, 1.165) is 37.5 Å². The summed E-state index contributed by atoms with van der Waals surface area (Å²) in [7, 11) is 0. The molecule has 0 spiro atoms. The number of hydrogen-bond donors (Lipinski definition) is 1. The monoisotopic (exact) mass is 281 g/mol. The minimum absolute atomic E-state index is 0.00546. The smallest absolute Gasteiger partial charge is 0.326 e. The molecule has 0 aromatic heterocycles. The molecule has 20 heavy (non-hydrogen) atoms. The van der Waals surface area contributed by atoms with E-state index in [1.165, 1.54) is 25.7 Å². The average molecular weight is 281 g/mol. The van der Waals surface area contributed by atoms with E-state index in [-0.39, 0.29) is 5.97 Å². The fourth-order valence-electron chi connectivity index (χ4n) is 3.94. The van der Waals surface area contributed by atoms with Gasteiger partial charge in [-0.1, -0.05) is 26.7 Å². The van der Waals surface area contributed by atoms with Crippen molar-refractivity contribution in [2.45, 2.75) is 83.7 Å². The zero-order valence-electron chi connectivity index (χ0n) is 13.4. The first-order valence-corrected chi connectivity index (χ1v) is 8.52. The van der Waals surface area contributed by atoms with E-state index in [2.05, 4.69) is 19.2 Å². The van der Waals surface area contributed by atoms with Crippen molar-refractivity contribution >= 4 is 5.97 Å². The molecule has 116 valence electrons. The first-order chi connectivity index (χ1) is 9.57. The van der Waals surface area contributed by atoms with Crippen LogP contribution in [0.1, 0.15) is 72.1 Å². The average Bonchev–Trinajstić information content (AvgIpc) is 2.92. The topological polar surface area (TPSA) is 38.3 Å². The van der Waals surface area contributed by atoms with Crippen molar-refractivity contribution in [3.8, 4) is 0 Å². The van der Waals surface area contributed by atoms with E-state index < -0.39 is 5.54 Å². The maximum Gasteiger partial charge on any atom is 0.326 e. The third-order valence-corrected chi connectivity index (χ3v) is 5.33. The third-order valence-electron chi connectivity index (χ3n) is 5.33. The van der Waals surface area contributed by atoms with Crippen LogP contribution in [0.5, 0.6) is 0 Å². The molecule has 2 fully saturated rings. The number of carbonyl (C=O) groups excluding carboxylic acids is 1. The molecule has 0 aromatic rings. The quantitative estimate of drug-likeness (QED) is 0.781. The van der Waals surface area contributed by atoms with Crippen molar-refractivity contribution in [2.24, 2.45) is 11.8 Å². The Morgan fingerprint density at radius 3 is 2.30 bits per heavy atom. The number of hydrogen-bond acceptors (Lipinski definition) is 3.